The Balaban J connectivity index is 1.61. The Morgan fingerprint density at radius 1 is 1.07 bits per heavy atom. The van der Waals surface area contributed by atoms with Gasteiger partial charge in [0.05, 0.1) is 12.7 Å². The van der Waals surface area contributed by atoms with Gasteiger partial charge in [0.15, 0.2) is 6.61 Å². The van der Waals surface area contributed by atoms with Gasteiger partial charge in [0.2, 0.25) is 0 Å². The van der Waals surface area contributed by atoms with Crippen LogP contribution in [-0.2, 0) is 25.5 Å². The number of hydrogen-bond acceptors (Lipinski definition) is 5. The van der Waals surface area contributed by atoms with Crippen LogP contribution in [0.15, 0.2) is 48.5 Å². The Hall–Kier alpha value is -3.61. The largest absolute Gasteiger partial charge is 0.467 e. The van der Waals surface area contributed by atoms with Crippen LogP contribution in [0.1, 0.15) is 27.2 Å². The molecule has 7 nitrogen and oxygen atoms in total. The highest BCUT2D eigenvalue weighted by molar-refractivity contribution is 5.97. The average molecular weight is 408 g/mol. The number of rotatable bonds is 7. The van der Waals surface area contributed by atoms with E-state index < -0.39 is 30.5 Å². The highest BCUT2D eigenvalue weighted by Gasteiger charge is 2.22. The summed E-state index contributed by atoms with van der Waals surface area (Å²) >= 11 is 0. The lowest BCUT2D eigenvalue weighted by atomic mass is 10.1. The van der Waals surface area contributed by atoms with E-state index in [1.165, 1.54) is 7.11 Å². The summed E-state index contributed by atoms with van der Waals surface area (Å²) in [7, 11) is 1.26. The van der Waals surface area contributed by atoms with Crippen LogP contribution >= 0.6 is 0 Å². The zero-order valence-electron chi connectivity index (χ0n) is 17.2. The molecule has 3 rings (SSSR count). The number of aryl methyl sites for hydroxylation is 2. The zero-order valence-corrected chi connectivity index (χ0v) is 17.2. The van der Waals surface area contributed by atoms with Crippen molar-refractivity contribution in [3.63, 3.8) is 0 Å². The van der Waals surface area contributed by atoms with Crippen molar-refractivity contribution in [1.29, 1.82) is 0 Å². The van der Waals surface area contributed by atoms with Gasteiger partial charge in [-0.05, 0) is 43.2 Å². The van der Waals surface area contributed by atoms with E-state index in [1.807, 2.05) is 44.2 Å². The van der Waals surface area contributed by atoms with Gasteiger partial charge in [0.25, 0.3) is 5.91 Å². The lowest BCUT2D eigenvalue weighted by Gasteiger charge is -2.16. The van der Waals surface area contributed by atoms with E-state index >= 15 is 0 Å². The van der Waals surface area contributed by atoms with Gasteiger partial charge >= 0.3 is 11.9 Å². The van der Waals surface area contributed by atoms with Gasteiger partial charge < -0.3 is 19.8 Å². The molecule has 2 aromatic carbocycles. The molecule has 7 heteroatoms. The summed E-state index contributed by atoms with van der Waals surface area (Å²) in [5.41, 5.74) is 4.24. The van der Waals surface area contributed by atoms with E-state index in [9.17, 15) is 14.4 Å². The minimum Gasteiger partial charge on any atom is -0.467 e. The number of hydrogen-bond donors (Lipinski definition) is 2. The van der Waals surface area contributed by atoms with E-state index in [2.05, 4.69) is 10.3 Å². The van der Waals surface area contributed by atoms with Crippen LogP contribution in [0.5, 0.6) is 0 Å². The fourth-order valence-corrected chi connectivity index (χ4v) is 3.22. The van der Waals surface area contributed by atoms with Crippen LogP contribution in [0.3, 0.4) is 0 Å². The van der Waals surface area contributed by atoms with Crippen molar-refractivity contribution in [3.05, 3.63) is 70.9 Å². The van der Waals surface area contributed by atoms with Crippen LogP contribution < -0.4 is 5.32 Å². The molecule has 0 fully saturated rings. The number of aromatic nitrogens is 1. The van der Waals surface area contributed by atoms with E-state index in [1.54, 1.807) is 18.2 Å². The van der Waals surface area contributed by atoms with Gasteiger partial charge in [0, 0.05) is 23.0 Å². The third-order valence-corrected chi connectivity index (χ3v) is 4.98. The highest BCUT2D eigenvalue weighted by Crippen LogP contribution is 2.22. The Bertz CT molecular complexity index is 1070. The first-order chi connectivity index (χ1) is 14.4. The maximum Gasteiger partial charge on any atom is 0.338 e. The maximum absolute atomic E-state index is 12.4. The second-order valence-corrected chi connectivity index (χ2v) is 7.04. The number of methoxy groups -OCH3 is 1. The third kappa shape index (κ3) is 4.86. The topological polar surface area (TPSA) is 97.5 Å². The molecular formula is C23H24N2O5. The highest BCUT2D eigenvalue weighted by atomic mass is 16.5. The zero-order chi connectivity index (χ0) is 21.7. The maximum atomic E-state index is 12.4. The molecule has 3 aromatic rings. The first-order valence-electron chi connectivity index (χ1n) is 9.56. The quantitative estimate of drug-likeness (QED) is 0.586. The molecule has 0 radical (unpaired) electrons. The second kappa shape index (κ2) is 9.26. The fraction of sp³-hybridized carbons (Fsp3) is 0.261. The first-order valence-corrected chi connectivity index (χ1v) is 9.56. The summed E-state index contributed by atoms with van der Waals surface area (Å²) in [5.74, 6) is -1.75. The summed E-state index contributed by atoms with van der Waals surface area (Å²) in [6.07, 6.45) is 0.274. The number of carbonyl (C=O) groups is 3. The van der Waals surface area contributed by atoms with E-state index in [0.29, 0.717) is 5.56 Å². The Morgan fingerprint density at radius 2 is 1.80 bits per heavy atom. The molecule has 1 heterocycles. The van der Waals surface area contributed by atoms with Gasteiger partial charge in [0.1, 0.15) is 6.04 Å². The summed E-state index contributed by atoms with van der Waals surface area (Å²) in [4.78, 5) is 39.9. The molecule has 0 aliphatic heterocycles. The molecule has 0 aliphatic carbocycles. The van der Waals surface area contributed by atoms with Gasteiger partial charge in [-0.3, -0.25) is 4.79 Å². The van der Waals surface area contributed by atoms with Crippen molar-refractivity contribution in [2.75, 3.05) is 13.7 Å². The van der Waals surface area contributed by atoms with Crippen molar-refractivity contribution in [3.8, 4) is 0 Å². The molecule has 0 spiro atoms. The summed E-state index contributed by atoms with van der Waals surface area (Å²) in [6, 6.07) is 13.6. The molecule has 1 aromatic heterocycles. The van der Waals surface area contributed by atoms with Gasteiger partial charge in [-0.15, -0.1) is 0 Å². The minimum atomic E-state index is -0.870. The second-order valence-electron chi connectivity index (χ2n) is 7.04. The molecule has 1 atom stereocenters. The lowest BCUT2D eigenvalue weighted by Crippen LogP contribution is -2.44. The summed E-state index contributed by atoms with van der Waals surface area (Å²) in [5, 5.41) is 3.50. The predicted molar refractivity (Wildman–Crippen MR) is 112 cm³/mol. The lowest BCUT2D eigenvalue weighted by molar-refractivity contribution is -0.145. The molecule has 2 N–H and O–H groups in total. The molecule has 1 amide bonds. The predicted octanol–water partition coefficient (Wildman–Crippen LogP) is 2.84. The smallest absolute Gasteiger partial charge is 0.338 e. The van der Waals surface area contributed by atoms with E-state index in [4.69, 9.17) is 9.47 Å². The molecule has 0 bridgehead atoms. The van der Waals surface area contributed by atoms with Crippen LogP contribution in [0.25, 0.3) is 10.9 Å². The number of H-pyrrole nitrogens is 1. The Morgan fingerprint density at radius 3 is 2.50 bits per heavy atom. The van der Waals surface area contributed by atoms with Crippen molar-refractivity contribution < 1.29 is 23.9 Å². The van der Waals surface area contributed by atoms with E-state index in [0.717, 1.165) is 27.7 Å². The standard InChI is InChI=1S/C23H24N2O5/c1-14-15(2)24-19-10-9-17(12-18(14)19)22(27)30-13-21(26)25-20(23(28)29-3)11-16-7-5-4-6-8-16/h4-10,12,20,24H,11,13H2,1-3H3,(H,25,26). The molecule has 0 aliphatic rings. The molecule has 0 saturated carbocycles. The number of benzene rings is 2. The van der Waals surface area contributed by atoms with Crippen LogP contribution in [0.2, 0.25) is 0 Å². The van der Waals surface area contributed by atoms with Crippen LogP contribution in [-0.4, -0.2) is 42.6 Å². The van der Waals surface area contributed by atoms with Crippen molar-refractivity contribution in [2.45, 2.75) is 26.3 Å². The number of nitrogens with one attached hydrogen (secondary N) is 2. The first kappa shape index (κ1) is 21.1. The fourth-order valence-electron chi connectivity index (χ4n) is 3.22. The van der Waals surface area contributed by atoms with Crippen LogP contribution in [0, 0.1) is 13.8 Å². The molecule has 0 saturated heterocycles. The SMILES string of the molecule is COC(=O)C(Cc1ccccc1)NC(=O)COC(=O)c1ccc2[nH]c(C)c(C)c2c1. The number of esters is 2. The van der Waals surface area contributed by atoms with Gasteiger partial charge in [-0.2, -0.15) is 0 Å². The van der Waals surface area contributed by atoms with Crippen molar-refractivity contribution >= 4 is 28.7 Å². The monoisotopic (exact) mass is 408 g/mol. The number of ether oxygens (including phenoxy) is 2. The number of fused-ring (bicyclic) bond motifs is 1. The van der Waals surface area contributed by atoms with Crippen molar-refractivity contribution in [1.82, 2.24) is 10.3 Å². The molecule has 156 valence electrons. The number of amides is 1. The normalized spacial score (nSPS) is 11.7. The minimum absolute atomic E-state index is 0.274. The number of aromatic amines is 1. The van der Waals surface area contributed by atoms with Gasteiger partial charge in [-0.1, -0.05) is 30.3 Å². The average Bonchev–Trinajstić information content (AvgIpc) is 3.04. The Kier molecular flexibility index (Phi) is 6.51. The third-order valence-electron chi connectivity index (χ3n) is 4.98. The molecule has 1 unspecified atom stereocenters. The molecule has 30 heavy (non-hydrogen) atoms. The summed E-state index contributed by atoms with van der Waals surface area (Å²) in [6.45, 7) is 3.44. The van der Waals surface area contributed by atoms with E-state index in [-0.39, 0.29) is 6.42 Å². The van der Waals surface area contributed by atoms with Gasteiger partial charge in [-0.25, -0.2) is 9.59 Å². The Labute approximate surface area is 174 Å². The summed E-state index contributed by atoms with van der Waals surface area (Å²) < 4.78 is 9.91. The van der Waals surface area contributed by atoms with Crippen LogP contribution in [0.4, 0.5) is 0 Å². The number of carbonyl (C=O) groups excluding carboxylic acids is 3. The molecular weight excluding hydrogens is 384 g/mol. The van der Waals surface area contributed by atoms with Crippen molar-refractivity contribution in [2.24, 2.45) is 0 Å².